The average molecular weight is 808 g/mol. The van der Waals surface area contributed by atoms with Gasteiger partial charge in [-0.3, -0.25) is 9.97 Å². The predicted octanol–water partition coefficient (Wildman–Crippen LogP) is 3.04. The maximum atomic E-state index is 6.78. The number of nitrogens with zero attached hydrogens (tertiary/aromatic N) is 2. The van der Waals surface area contributed by atoms with Gasteiger partial charge in [0.05, 0.1) is 22.8 Å². The van der Waals surface area contributed by atoms with E-state index >= 15 is 0 Å². The molecule has 6 aromatic rings. The van der Waals surface area contributed by atoms with Crippen molar-refractivity contribution in [3.63, 3.8) is 0 Å². The Kier molecular flexibility index (Phi) is 9.09. The molecule has 2 aromatic heterocycles. The molecular weight excluding hydrogens is 745 g/mol. The summed E-state index contributed by atoms with van der Waals surface area (Å²) < 4.78 is 6.78. The Morgan fingerprint density at radius 2 is 0.694 bits per heavy atom. The van der Waals surface area contributed by atoms with Crippen molar-refractivity contribution >= 4 is 79.9 Å². The van der Waals surface area contributed by atoms with E-state index in [9.17, 15) is 0 Å². The van der Waals surface area contributed by atoms with Gasteiger partial charge in [0.25, 0.3) is 0 Å². The molecule has 0 fully saturated rings. The maximum Gasteiger partial charge on any atom is 0.140 e. The topological polar surface area (TPSA) is 35.0 Å². The van der Waals surface area contributed by atoms with Gasteiger partial charge in [-0.2, -0.15) is 0 Å². The molecule has 1 aliphatic heterocycles. The predicted molar refractivity (Wildman–Crippen MR) is 280 cm³/mol. The van der Waals surface area contributed by atoms with E-state index in [1.165, 1.54) is 66.2 Å². The monoisotopic (exact) mass is 809 g/mol. The molecule has 2 aliphatic carbocycles. The fourth-order valence-electron chi connectivity index (χ4n) is 13.3. The Balaban J connectivity index is 1.35. The standard InChI is InChI=1S/C53H62B6N2O/c1-47(2)37-39(49(5,6)51(47,9)10)45(58)43(56)35(41(37)54)29-21-17-25-33(60-29)53(27-19-13-15-23-31(27)62-32-24-16-14-20-28(32)53)34-26-18-22-30(61-34)36-42(55)38-40(46(59)44(36)57)50(7,8)52(11,12)48(38,3)4/h13-26H,54-59H2,1-12H3. The molecule has 62 heavy (non-hydrogen) atoms. The van der Waals surface area contributed by atoms with Crippen LogP contribution in [0.5, 0.6) is 11.5 Å². The third-order valence-electron chi connectivity index (χ3n) is 19.0. The Labute approximate surface area is 377 Å². The number of rotatable bonds is 4. The summed E-state index contributed by atoms with van der Waals surface area (Å²) in [6.07, 6.45) is 0. The summed E-state index contributed by atoms with van der Waals surface area (Å²) >= 11 is 0. The molecule has 9 heteroatoms. The molecule has 3 heterocycles. The van der Waals surface area contributed by atoms with Crippen LogP contribution in [-0.4, -0.2) is 57.0 Å². The van der Waals surface area contributed by atoms with Crippen molar-refractivity contribution in [2.24, 2.45) is 10.8 Å². The summed E-state index contributed by atoms with van der Waals surface area (Å²) in [6, 6.07) is 30.4. The molecule has 0 spiro atoms. The van der Waals surface area contributed by atoms with E-state index in [1.807, 2.05) is 0 Å². The lowest BCUT2D eigenvalue weighted by Gasteiger charge is -2.45. The first-order valence-corrected chi connectivity index (χ1v) is 22.9. The van der Waals surface area contributed by atoms with Gasteiger partial charge in [0, 0.05) is 11.1 Å². The summed E-state index contributed by atoms with van der Waals surface area (Å²) in [5, 5.41) is 0. The smallest absolute Gasteiger partial charge is 0.140 e. The number of aromatic nitrogens is 2. The Morgan fingerprint density at radius 1 is 0.371 bits per heavy atom. The van der Waals surface area contributed by atoms with E-state index in [2.05, 4.69) is 215 Å². The fraction of sp³-hybridized carbons (Fsp3) is 0.358. The zero-order chi connectivity index (χ0) is 45.1. The van der Waals surface area contributed by atoms with Gasteiger partial charge in [-0.1, -0.05) is 164 Å². The van der Waals surface area contributed by atoms with Crippen LogP contribution in [0.1, 0.15) is 128 Å². The van der Waals surface area contributed by atoms with Gasteiger partial charge in [-0.25, -0.2) is 0 Å². The maximum absolute atomic E-state index is 6.78. The number of pyridine rings is 2. The van der Waals surface area contributed by atoms with Crippen molar-refractivity contribution in [1.29, 1.82) is 0 Å². The third kappa shape index (κ3) is 4.98. The summed E-state index contributed by atoms with van der Waals surface area (Å²) in [7, 11) is 14.0. The van der Waals surface area contributed by atoms with Gasteiger partial charge in [0.1, 0.15) is 64.0 Å². The SMILES string of the molecule is Bc1c(B)c2c(c(B)c1-c1cccc(C3(c4cccc(-c5c(B)c(B)c6c(c5B)C(C)(C)C(C)(C)C6(C)C)n4)c4ccccc4Oc4ccccc43)n1)C(C)(C)C(C)(C)C2(C)C. The van der Waals surface area contributed by atoms with Gasteiger partial charge >= 0.3 is 0 Å². The van der Waals surface area contributed by atoms with Gasteiger partial charge < -0.3 is 4.74 Å². The fourth-order valence-corrected chi connectivity index (χ4v) is 13.3. The molecule has 0 saturated carbocycles. The van der Waals surface area contributed by atoms with Gasteiger partial charge in [0.2, 0.25) is 0 Å². The van der Waals surface area contributed by atoms with E-state index in [-0.39, 0.29) is 32.5 Å². The normalized spacial score (nSPS) is 19.7. The van der Waals surface area contributed by atoms with Gasteiger partial charge in [0.15, 0.2) is 0 Å². The lowest BCUT2D eigenvalue weighted by Crippen LogP contribution is -2.44. The quantitative estimate of drug-likeness (QED) is 0.257. The van der Waals surface area contributed by atoms with Crippen LogP contribution in [0.3, 0.4) is 0 Å². The van der Waals surface area contributed by atoms with Crippen LogP contribution < -0.4 is 37.5 Å². The molecule has 0 bridgehead atoms. The second-order valence-electron chi connectivity index (χ2n) is 22.4. The Bertz CT molecular complexity index is 2730. The molecule has 0 unspecified atom stereocenters. The number of fused-ring (bicyclic) bond motifs is 4. The number of para-hydroxylation sites is 2. The molecule has 4 aromatic carbocycles. The molecule has 0 amide bonds. The molecule has 308 valence electrons. The Hall–Kier alpha value is -4.63. The summed E-state index contributed by atoms with van der Waals surface area (Å²) in [5.41, 5.74) is 21.6. The lowest BCUT2D eigenvalue weighted by atomic mass is 9.58. The van der Waals surface area contributed by atoms with Crippen LogP contribution in [0.15, 0.2) is 84.9 Å². The van der Waals surface area contributed by atoms with Gasteiger partial charge in [-0.15, -0.1) is 0 Å². The summed E-state index contributed by atoms with van der Waals surface area (Å²) in [6.45, 7) is 29.4. The van der Waals surface area contributed by atoms with Crippen molar-refractivity contribution in [2.45, 2.75) is 110 Å². The first kappa shape index (κ1) is 42.7. The minimum absolute atomic E-state index is 0.00570. The van der Waals surface area contributed by atoms with E-state index in [0.29, 0.717) is 0 Å². The molecular formula is C53H62B6N2O. The van der Waals surface area contributed by atoms with Crippen LogP contribution in [0, 0.1) is 10.8 Å². The van der Waals surface area contributed by atoms with Crippen LogP contribution >= 0.6 is 0 Å². The minimum Gasteiger partial charge on any atom is -0.457 e. The largest absolute Gasteiger partial charge is 0.457 e. The van der Waals surface area contributed by atoms with E-state index in [0.717, 1.165) is 45.4 Å². The number of ether oxygens (including phenoxy) is 1. The molecule has 3 aliphatic rings. The minimum atomic E-state index is -0.884. The van der Waals surface area contributed by atoms with Crippen LogP contribution in [0.25, 0.3) is 22.5 Å². The number of benzene rings is 4. The average Bonchev–Trinajstić information content (AvgIpc) is 3.41. The van der Waals surface area contributed by atoms with E-state index < -0.39 is 5.41 Å². The second kappa shape index (κ2) is 13.2. The summed E-state index contributed by atoms with van der Waals surface area (Å²) in [5.74, 6) is 1.65. The first-order chi connectivity index (χ1) is 28.8. The van der Waals surface area contributed by atoms with Crippen LogP contribution in [0.2, 0.25) is 0 Å². The van der Waals surface area contributed by atoms with Crippen molar-refractivity contribution in [3.05, 3.63) is 130 Å². The van der Waals surface area contributed by atoms with E-state index in [4.69, 9.17) is 14.7 Å². The number of hydrogen-bond acceptors (Lipinski definition) is 3. The van der Waals surface area contributed by atoms with Crippen molar-refractivity contribution < 1.29 is 4.74 Å². The highest BCUT2D eigenvalue weighted by molar-refractivity contribution is 6.56. The zero-order valence-corrected chi connectivity index (χ0v) is 40.9. The Morgan fingerprint density at radius 3 is 1.05 bits per heavy atom. The second-order valence-corrected chi connectivity index (χ2v) is 22.4. The molecule has 0 atom stereocenters. The zero-order valence-electron chi connectivity index (χ0n) is 40.9. The van der Waals surface area contributed by atoms with Crippen molar-refractivity contribution in [1.82, 2.24) is 9.97 Å². The van der Waals surface area contributed by atoms with E-state index in [1.54, 1.807) is 0 Å². The molecule has 3 nitrogen and oxygen atoms in total. The third-order valence-corrected chi connectivity index (χ3v) is 19.0. The van der Waals surface area contributed by atoms with Crippen LogP contribution in [0.4, 0.5) is 0 Å². The molecule has 0 radical (unpaired) electrons. The highest BCUT2D eigenvalue weighted by atomic mass is 16.5. The number of hydrogen-bond donors (Lipinski definition) is 0. The molecule has 0 saturated heterocycles. The molecule has 9 rings (SSSR count). The lowest BCUT2D eigenvalue weighted by molar-refractivity contribution is 0.125. The van der Waals surface area contributed by atoms with Crippen LogP contribution in [-0.2, 0) is 27.1 Å². The van der Waals surface area contributed by atoms with Gasteiger partial charge in [-0.05, 0) is 102 Å². The highest BCUT2D eigenvalue weighted by Gasteiger charge is 2.59. The summed E-state index contributed by atoms with van der Waals surface area (Å²) in [4.78, 5) is 11.8. The molecule has 0 N–H and O–H groups in total. The first-order valence-electron chi connectivity index (χ1n) is 22.9. The van der Waals surface area contributed by atoms with Crippen molar-refractivity contribution in [3.8, 4) is 34.0 Å². The highest BCUT2D eigenvalue weighted by Crippen LogP contribution is 2.62. The van der Waals surface area contributed by atoms with Crippen molar-refractivity contribution in [2.75, 3.05) is 0 Å².